The number of nitrogens with zero attached hydrogens (tertiary/aromatic N) is 1. The molecule has 174 valence electrons. The van der Waals surface area contributed by atoms with E-state index in [1.807, 2.05) is 62.4 Å². The largest absolute Gasteiger partial charge is 0.493 e. The van der Waals surface area contributed by atoms with Gasteiger partial charge in [0.2, 0.25) is 0 Å². The number of pyridine rings is 1. The van der Waals surface area contributed by atoms with E-state index in [0.717, 1.165) is 22.0 Å². The number of hydrogen-bond donors (Lipinski definition) is 1. The van der Waals surface area contributed by atoms with Gasteiger partial charge in [-0.05, 0) is 61.9 Å². The predicted octanol–water partition coefficient (Wildman–Crippen LogP) is 5.68. The van der Waals surface area contributed by atoms with E-state index in [4.69, 9.17) is 18.9 Å². The number of anilines is 1. The highest BCUT2D eigenvalue weighted by Gasteiger charge is 2.13. The lowest BCUT2D eigenvalue weighted by atomic mass is 10.1. The number of ether oxygens (including phenoxy) is 4. The lowest BCUT2D eigenvalue weighted by Gasteiger charge is -2.14. The quantitative estimate of drug-likeness (QED) is 0.366. The molecule has 0 radical (unpaired) electrons. The average Bonchev–Trinajstić information content (AvgIpc) is 2.84. The summed E-state index contributed by atoms with van der Waals surface area (Å²) < 4.78 is 22.5. The topological polar surface area (TPSA) is 78.9 Å². The molecule has 1 heterocycles. The van der Waals surface area contributed by atoms with E-state index in [-0.39, 0.29) is 12.5 Å². The van der Waals surface area contributed by atoms with Gasteiger partial charge in [0.25, 0.3) is 5.91 Å². The molecule has 7 nitrogen and oxygen atoms in total. The van der Waals surface area contributed by atoms with Gasteiger partial charge in [-0.25, -0.2) is 0 Å². The van der Waals surface area contributed by atoms with E-state index in [0.29, 0.717) is 34.4 Å². The van der Waals surface area contributed by atoms with Crippen molar-refractivity contribution < 1.29 is 23.7 Å². The third-order valence-corrected chi connectivity index (χ3v) is 5.28. The average molecular weight is 459 g/mol. The van der Waals surface area contributed by atoms with Crippen LogP contribution in [0.1, 0.15) is 11.1 Å². The highest BCUT2D eigenvalue weighted by molar-refractivity contribution is 5.92. The van der Waals surface area contributed by atoms with E-state index in [1.165, 1.54) is 0 Å². The van der Waals surface area contributed by atoms with Crippen LogP contribution in [0.3, 0.4) is 0 Å². The van der Waals surface area contributed by atoms with Gasteiger partial charge < -0.3 is 24.3 Å². The minimum absolute atomic E-state index is 0.0747. The molecule has 0 fully saturated rings. The smallest absolute Gasteiger partial charge is 0.262 e. The highest BCUT2D eigenvalue weighted by Crippen LogP contribution is 2.37. The molecule has 0 saturated heterocycles. The van der Waals surface area contributed by atoms with Crippen LogP contribution in [-0.4, -0.2) is 31.7 Å². The van der Waals surface area contributed by atoms with Crippen LogP contribution in [0, 0.1) is 13.8 Å². The van der Waals surface area contributed by atoms with Crippen LogP contribution in [0.5, 0.6) is 28.7 Å². The first-order valence-electron chi connectivity index (χ1n) is 10.8. The Bertz CT molecular complexity index is 1320. The van der Waals surface area contributed by atoms with Crippen LogP contribution in [0.2, 0.25) is 0 Å². The molecule has 4 rings (SSSR count). The third kappa shape index (κ3) is 5.20. The molecule has 3 aromatic carbocycles. The molecule has 34 heavy (non-hydrogen) atoms. The van der Waals surface area contributed by atoms with Gasteiger partial charge in [-0.15, -0.1) is 0 Å². The van der Waals surface area contributed by atoms with Crippen LogP contribution in [0.4, 0.5) is 5.69 Å². The van der Waals surface area contributed by atoms with Crippen molar-refractivity contribution in [2.45, 2.75) is 13.8 Å². The second-order valence-electron chi connectivity index (χ2n) is 7.77. The molecule has 0 aliphatic heterocycles. The number of carbonyl (C=O) groups excluding carboxylic acids is 1. The molecule has 0 unspecified atom stereocenters. The van der Waals surface area contributed by atoms with Crippen LogP contribution in [0.25, 0.3) is 10.9 Å². The summed E-state index contributed by atoms with van der Waals surface area (Å²) in [5.74, 6) is 2.90. The fourth-order valence-electron chi connectivity index (χ4n) is 3.48. The van der Waals surface area contributed by atoms with Gasteiger partial charge in [0.05, 0.1) is 19.7 Å². The fourth-order valence-corrected chi connectivity index (χ4v) is 3.48. The molecule has 0 bridgehead atoms. The SMILES string of the molecule is COc1cc2nccc(Oc3ccc(NC(=O)COc4ccc(C)cc4)cc3C)c2cc1OC. The van der Waals surface area contributed by atoms with Gasteiger partial charge in [-0.3, -0.25) is 9.78 Å². The zero-order chi connectivity index (χ0) is 24.1. The lowest BCUT2D eigenvalue weighted by Crippen LogP contribution is -2.20. The Morgan fingerprint density at radius 1 is 0.853 bits per heavy atom. The fraction of sp³-hybridized carbons (Fsp3) is 0.185. The molecular weight excluding hydrogens is 432 g/mol. The predicted molar refractivity (Wildman–Crippen MR) is 131 cm³/mol. The van der Waals surface area contributed by atoms with Crippen molar-refractivity contribution in [1.29, 1.82) is 0 Å². The number of rotatable bonds is 8. The van der Waals surface area contributed by atoms with Crippen molar-refractivity contribution in [3.63, 3.8) is 0 Å². The second kappa shape index (κ2) is 10.1. The van der Waals surface area contributed by atoms with E-state index < -0.39 is 0 Å². The summed E-state index contributed by atoms with van der Waals surface area (Å²) >= 11 is 0. The molecule has 1 amide bonds. The first-order chi connectivity index (χ1) is 16.5. The Kier molecular flexibility index (Phi) is 6.82. The number of aromatic nitrogens is 1. The Hall–Kier alpha value is -4.26. The summed E-state index contributed by atoms with van der Waals surface area (Å²) in [5, 5.41) is 3.65. The number of benzene rings is 3. The molecule has 0 aliphatic carbocycles. The van der Waals surface area contributed by atoms with Crippen LogP contribution in [-0.2, 0) is 4.79 Å². The molecule has 1 aromatic heterocycles. The zero-order valence-corrected chi connectivity index (χ0v) is 19.5. The van der Waals surface area contributed by atoms with Crippen LogP contribution >= 0.6 is 0 Å². The standard InChI is InChI=1S/C27H26N2O5/c1-17-5-8-20(9-6-17)33-16-27(30)29-19-7-10-23(18(2)13-19)34-24-11-12-28-22-15-26(32-4)25(31-3)14-21(22)24/h5-15H,16H2,1-4H3,(H,29,30). The second-order valence-corrected chi connectivity index (χ2v) is 7.77. The number of aryl methyl sites for hydroxylation is 2. The molecule has 1 N–H and O–H groups in total. The molecule has 0 aliphatic rings. The summed E-state index contributed by atoms with van der Waals surface area (Å²) in [7, 11) is 3.17. The monoisotopic (exact) mass is 458 g/mol. The van der Waals surface area contributed by atoms with Gasteiger partial charge in [0.1, 0.15) is 17.2 Å². The Labute approximate surface area is 198 Å². The summed E-state index contributed by atoms with van der Waals surface area (Å²) in [6.07, 6.45) is 1.68. The van der Waals surface area contributed by atoms with Crippen molar-refractivity contribution in [2.24, 2.45) is 0 Å². The van der Waals surface area contributed by atoms with E-state index in [2.05, 4.69) is 10.3 Å². The number of methoxy groups -OCH3 is 2. The number of fused-ring (bicyclic) bond motifs is 1. The van der Waals surface area contributed by atoms with Crippen molar-refractivity contribution in [2.75, 3.05) is 26.1 Å². The first-order valence-corrected chi connectivity index (χ1v) is 10.8. The Balaban J connectivity index is 1.46. The van der Waals surface area contributed by atoms with Gasteiger partial charge in [0, 0.05) is 23.3 Å². The first kappa shape index (κ1) is 22.9. The summed E-state index contributed by atoms with van der Waals surface area (Å²) in [5.41, 5.74) is 3.38. The maximum atomic E-state index is 12.3. The van der Waals surface area contributed by atoms with Crippen LogP contribution < -0.4 is 24.3 Å². The Morgan fingerprint density at radius 3 is 2.29 bits per heavy atom. The van der Waals surface area contributed by atoms with Gasteiger partial charge in [-0.1, -0.05) is 17.7 Å². The summed E-state index contributed by atoms with van der Waals surface area (Å²) in [6.45, 7) is 3.84. The minimum Gasteiger partial charge on any atom is -0.493 e. The number of amides is 1. The molecular formula is C27H26N2O5. The normalized spacial score (nSPS) is 10.6. The van der Waals surface area contributed by atoms with Gasteiger partial charge >= 0.3 is 0 Å². The Morgan fingerprint density at radius 2 is 1.59 bits per heavy atom. The molecule has 0 spiro atoms. The molecule has 0 atom stereocenters. The number of hydrogen-bond acceptors (Lipinski definition) is 6. The van der Waals surface area contributed by atoms with E-state index in [9.17, 15) is 4.79 Å². The van der Waals surface area contributed by atoms with Crippen molar-refractivity contribution in [3.8, 4) is 28.7 Å². The van der Waals surface area contributed by atoms with E-state index in [1.54, 1.807) is 32.5 Å². The maximum absolute atomic E-state index is 12.3. The van der Waals surface area contributed by atoms with E-state index >= 15 is 0 Å². The third-order valence-electron chi connectivity index (χ3n) is 5.28. The summed E-state index contributed by atoms with van der Waals surface area (Å²) in [6, 6.07) is 18.5. The molecule has 0 saturated carbocycles. The molecule has 4 aromatic rings. The lowest BCUT2D eigenvalue weighted by molar-refractivity contribution is -0.118. The molecule has 7 heteroatoms. The van der Waals surface area contributed by atoms with Crippen molar-refractivity contribution in [1.82, 2.24) is 4.98 Å². The highest BCUT2D eigenvalue weighted by atomic mass is 16.5. The minimum atomic E-state index is -0.241. The van der Waals surface area contributed by atoms with Gasteiger partial charge in [-0.2, -0.15) is 0 Å². The van der Waals surface area contributed by atoms with Crippen LogP contribution in [0.15, 0.2) is 66.9 Å². The number of nitrogens with one attached hydrogen (secondary N) is 1. The van der Waals surface area contributed by atoms with Crippen molar-refractivity contribution >= 4 is 22.5 Å². The van der Waals surface area contributed by atoms with Crippen molar-refractivity contribution in [3.05, 3.63) is 78.0 Å². The maximum Gasteiger partial charge on any atom is 0.262 e. The van der Waals surface area contributed by atoms with Gasteiger partial charge in [0.15, 0.2) is 18.1 Å². The zero-order valence-electron chi connectivity index (χ0n) is 19.5. The number of carbonyl (C=O) groups is 1. The summed E-state index contributed by atoms with van der Waals surface area (Å²) in [4.78, 5) is 16.7.